The third-order valence-corrected chi connectivity index (χ3v) is 3.99. The Morgan fingerprint density at radius 2 is 2.22 bits per heavy atom. The summed E-state index contributed by atoms with van der Waals surface area (Å²) in [6.45, 7) is 2.32. The number of quaternary nitrogens is 1. The van der Waals surface area contributed by atoms with E-state index < -0.39 is 5.97 Å². The molecule has 0 radical (unpaired) electrons. The van der Waals surface area contributed by atoms with Gasteiger partial charge in [-0.15, -0.1) is 0 Å². The molecule has 1 N–H and O–H groups in total. The Morgan fingerprint density at radius 1 is 1.44 bits per heavy atom. The Morgan fingerprint density at radius 3 is 2.89 bits per heavy atom. The molecule has 98 valence electrons. The summed E-state index contributed by atoms with van der Waals surface area (Å²) >= 11 is 12.0. The number of piperidine rings is 1. The summed E-state index contributed by atoms with van der Waals surface area (Å²) in [5.41, 5.74) is 1.01. The maximum absolute atomic E-state index is 10.9. The van der Waals surface area contributed by atoms with Crippen LogP contribution >= 0.6 is 23.2 Å². The Labute approximate surface area is 116 Å². The molecule has 2 atom stereocenters. The fraction of sp³-hybridized carbons (Fsp3) is 0.462. The van der Waals surface area contributed by atoms with Crippen molar-refractivity contribution in [2.24, 2.45) is 5.92 Å². The van der Waals surface area contributed by atoms with Gasteiger partial charge in [0.1, 0.15) is 6.54 Å². The number of rotatable bonds is 3. The lowest BCUT2D eigenvalue weighted by atomic mass is 9.98. The molecule has 0 amide bonds. The molecule has 0 bridgehead atoms. The summed E-state index contributed by atoms with van der Waals surface area (Å²) in [5.74, 6) is -1.27. The monoisotopic (exact) mass is 287 g/mol. The highest BCUT2D eigenvalue weighted by atomic mass is 35.5. The first-order valence-electron chi connectivity index (χ1n) is 6.04. The number of likely N-dealkylation sites (tertiary alicyclic amines) is 1. The SMILES string of the molecule is O=C([O-])[C@@H]1CCC[NH+](Cc2ccc(Cl)cc2Cl)C1. The summed E-state index contributed by atoms with van der Waals surface area (Å²) in [6, 6.07) is 5.43. The summed E-state index contributed by atoms with van der Waals surface area (Å²) in [4.78, 5) is 12.1. The van der Waals surface area contributed by atoms with Crippen molar-refractivity contribution >= 4 is 29.2 Å². The minimum absolute atomic E-state index is 0.333. The molecule has 1 unspecified atom stereocenters. The van der Waals surface area contributed by atoms with E-state index in [2.05, 4.69) is 0 Å². The molecular formula is C13H15Cl2NO2. The summed E-state index contributed by atoms with van der Waals surface area (Å²) in [6.07, 6.45) is 1.64. The third kappa shape index (κ3) is 3.37. The number of aliphatic carboxylic acids is 1. The molecule has 1 aliphatic rings. The fourth-order valence-electron chi connectivity index (χ4n) is 2.45. The van der Waals surface area contributed by atoms with Gasteiger partial charge >= 0.3 is 0 Å². The van der Waals surface area contributed by atoms with Crippen molar-refractivity contribution in [3.05, 3.63) is 33.8 Å². The number of carboxylic acid groups (broad SMARTS) is 1. The zero-order valence-corrected chi connectivity index (χ0v) is 11.4. The number of carbonyl (C=O) groups is 1. The number of carbonyl (C=O) groups excluding carboxylic acids is 1. The molecule has 3 nitrogen and oxygen atoms in total. The van der Waals surface area contributed by atoms with Crippen molar-refractivity contribution in [1.82, 2.24) is 0 Å². The molecule has 1 fully saturated rings. The minimum Gasteiger partial charge on any atom is -0.550 e. The number of hydrogen-bond acceptors (Lipinski definition) is 2. The van der Waals surface area contributed by atoms with E-state index >= 15 is 0 Å². The molecule has 1 aromatic carbocycles. The molecule has 1 heterocycles. The maximum atomic E-state index is 10.9. The molecule has 5 heteroatoms. The highest BCUT2D eigenvalue weighted by Crippen LogP contribution is 2.20. The van der Waals surface area contributed by atoms with Crippen molar-refractivity contribution in [1.29, 1.82) is 0 Å². The summed E-state index contributed by atoms with van der Waals surface area (Å²) in [7, 11) is 0. The number of nitrogens with one attached hydrogen (secondary N) is 1. The van der Waals surface area contributed by atoms with Crippen LogP contribution in [-0.2, 0) is 11.3 Å². The van der Waals surface area contributed by atoms with E-state index in [-0.39, 0.29) is 5.92 Å². The lowest BCUT2D eigenvalue weighted by molar-refractivity contribution is -0.921. The van der Waals surface area contributed by atoms with Gasteiger partial charge in [0.25, 0.3) is 0 Å². The van der Waals surface area contributed by atoms with Crippen molar-refractivity contribution in [3.63, 3.8) is 0 Å². The normalized spacial score (nSPS) is 23.9. The van der Waals surface area contributed by atoms with E-state index in [1.807, 2.05) is 12.1 Å². The highest BCUT2D eigenvalue weighted by molar-refractivity contribution is 6.35. The van der Waals surface area contributed by atoms with Crippen LogP contribution in [0.15, 0.2) is 18.2 Å². The zero-order chi connectivity index (χ0) is 13.1. The van der Waals surface area contributed by atoms with E-state index in [4.69, 9.17) is 23.2 Å². The zero-order valence-electron chi connectivity index (χ0n) is 9.92. The molecule has 2 rings (SSSR count). The first-order chi connectivity index (χ1) is 8.56. The lowest BCUT2D eigenvalue weighted by Gasteiger charge is -2.30. The molecule has 0 aliphatic carbocycles. The van der Waals surface area contributed by atoms with E-state index in [0.717, 1.165) is 31.5 Å². The first-order valence-corrected chi connectivity index (χ1v) is 6.80. The molecule has 18 heavy (non-hydrogen) atoms. The van der Waals surface area contributed by atoms with Crippen LogP contribution in [0, 0.1) is 5.92 Å². The van der Waals surface area contributed by atoms with Crippen LogP contribution in [0.2, 0.25) is 10.0 Å². The van der Waals surface area contributed by atoms with Gasteiger partial charge in [-0.05, 0) is 25.0 Å². The average molecular weight is 288 g/mol. The maximum Gasteiger partial charge on any atom is 0.104 e. The van der Waals surface area contributed by atoms with Crippen LogP contribution in [0.5, 0.6) is 0 Å². The molecule has 0 aromatic heterocycles. The molecule has 1 aromatic rings. The predicted molar refractivity (Wildman–Crippen MR) is 68.6 cm³/mol. The van der Waals surface area contributed by atoms with Gasteiger partial charge in [0.05, 0.1) is 24.1 Å². The van der Waals surface area contributed by atoms with Gasteiger partial charge in [-0.1, -0.05) is 29.3 Å². The quantitative estimate of drug-likeness (QED) is 0.882. The third-order valence-electron chi connectivity index (χ3n) is 3.41. The van der Waals surface area contributed by atoms with Crippen LogP contribution in [0.4, 0.5) is 0 Å². The van der Waals surface area contributed by atoms with Crippen LogP contribution in [0.3, 0.4) is 0 Å². The van der Waals surface area contributed by atoms with Crippen molar-refractivity contribution in [3.8, 4) is 0 Å². The van der Waals surface area contributed by atoms with Gasteiger partial charge in [-0.2, -0.15) is 0 Å². The fourth-order valence-corrected chi connectivity index (χ4v) is 2.92. The van der Waals surface area contributed by atoms with Crippen molar-refractivity contribution < 1.29 is 14.8 Å². The number of hydrogen-bond donors (Lipinski definition) is 1. The molecule has 1 saturated heterocycles. The number of carboxylic acids is 1. The largest absolute Gasteiger partial charge is 0.550 e. The van der Waals surface area contributed by atoms with Crippen LogP contribution in [0.1, 0.15) is 18.4 Å². The molecular weight excluding hydrogens is 273 g/mol. The summed E-state index contributed by atoms with van der Waals surface area (Å²) in [5, 5.41) is 12.2. The Kier molecular flexibility index (Phi) is 4.49. The lowest BCUT2D eigenvalue weighted by Crippen LogP contribution is -3.12. The van der Waals surface area contributed by atoms with Gasteiger partial charge in [-0.3, -0.25) is 0 Å². The van der Waals surface area contributed by atoms with Gasteiger partial charge in [0.2, 0.25) is 0 Å². The smallest absolute Gasteiger partial charge is 0.104 e. The van der Waals surface area contributed by atoms with E-state index in [1.54, 1.807) is 6.07 Å². The molecule has 0 saturated carbocycles. The average Bonchev–Trinajstić information content (AvgIpc) is 2.33. The highest BCUT2D eigenvalue weighted by Gasteiger charge is 2.24. The molecule has 1 aliphatic heterocycles. The number of benzene rings is 1. The van der Waals surface area contributed by atoms with Crippen molar-refractivity contribution in [2.45, 2.75) is 19.4 Å². The minimum atomic E-state index is -0.936. The van der Waals surface area contributed by atoms with E-state index in [9.17, 15) is 9.90 Å². The van der Waals surface area contributed by atoms with Crippen LogP contribution in [0.25, 0.3) is 0 Å². The Hall–Kier alpha value is -0.770. The molecule has 0 spiro atoms. The Balaban J connectivity index is 2.02. The van der Waals surface area contributed by atoms with Gasteiger partial charge in [0, 0.05) is 16.5 Å². The van der Waals surface area contributed by atoms with Crippen molar-refractivity contribution in [2.75, 3.05) is 13.1 Å². The second-order valence-electron chi connectivity index (χ2n) is 4.77. The van der Waals surface area contributed by atoms with E-state index in [0.29, 0.717) is 16.6 Å². The first kappa shape index (κ1) is 13.7. The number of halogens is 2. The second-order valence-corrected chi connectivity index (χ2v) is 5.62. The Bertz CT molecular complexity index is 451. The van der Waals surface area contributed by atoms with Gasteiger partial charge in [-0.25, -0.2) is 0 Å². The van der Waals surface area contributed by atoms with Crippen LogP contribution in [-0.4, -0.2) is 19.1 Å². The second kappa shape index (κ2) is 5.91. The van der Waals surface area contributed by atoms with Crippen LogP contribution < -0.4 is 10.0 Å². The van der Waals surface area contributed by atoms with Gasteiger partial charge < -0.3 is 14.8 Å². The topological polar surface area (TPSA) is 44.6 Å². The summed E-state index contributed by atoms with van der Waals surface area (Å²) < 4.78 is 0. The van der Waals surface area contributed by atoms with Gasteiger partial charge in [0.15, 0.2) is 0 Å². The standard InChI is InChI=1S/C13H15Cl2NO2/c14-11-4-3-9(12(15)6-11)7-16-5-1-2-10(8-16)13(17)18/h3-4,6,10H,1-2,5,7-8H2,(H,17,18)/t10-/m1/s1. The van der Waals surface area contributed by atoms with E-state index in [1.165, 1.54) is 4.90 Å². The predicted octanol–water partition coefficient (Wildman–Crippen LogP) is 0.538.